The Kier molecular flexibility index (Phi) is 7.28. The minimum atomic E-state index is 0.0529. The van der Waals surface area contributed by atoms with Crippen molar-refractivity contribution in [2.24, 2.45) is 0 Å². The second-order valence-corrected chi connectivity index (χ2v) is 5.57. The molecule has 4 nitrogen and oxygen atoms in total. The van der Waals surface area contributed by atoms with Crippen LogP contribution in [0.4, 0.5) is 0 Å². The molecule has 1 saturated heterocycles. The summed E-state index contributed by atoms with van der Waals surface area (Å²) in [6.07, 6.45) is 5.57. The predicted octanol–water partition coefficient (Wildman–Crippen LogP) is 1.37. The Balaban J connectivity index is 2.01. The number of carbonyl (C=O) groups is 1. The maximum Gasteiger partial charge on any atom is 0.237 e. The molecule has 1 atom stereocenters. The highest BCUT2D eigenvalue weighted by molar-refractivity contribution is 5.81. The third-order valence-electron chi connectivity index (χ3n) is 3.75. The minimum absolute atomic E-state index is 0.0529. The van der Waals surface area contributed by atoms with Crippen LogP contribution in [0.2, 0.25) is 0 Å². The molecule has 0 aromatic carbocycles. The normalized spacial score (nSPS) is 20.4. The van der Waals surface area contributed by atoms with E-state index < -0.39 is 0 Å². The van der Waals surface area contributed by atoms with Crippen LogP contribution < -0.4 is 10.6 Å². The molecule has 0 saturated carbocycles. The summed E-state index contributed by atoms with van der Waals surface area (Å²) >= 11 is 0. The molecule has 2 N–H and O–H groups in total. The van der Waals surface area contributed by atoms with E-state index in [9.17, 15) is 4.79 Å². The number of unbranched alkanes of at least 4 members (excludes halogenated alkanes) is 1. The summed E-state index contributed by atoms with van der Waals surface area (Å²) < 4.78 is 0. The lowest BCUT2D eigenvalue weighted by Crippen LogP contribution is -2.46. The zero-order valence-electron chi connectivity index (χ0n) is 12.2. The van der Waals surface area contributed by atoms with Crippen LogP contribution in [0.15, 0.2) is 0 Å². The predicted molar refractivity (Wildman–Crippen MR) is 75.7 cm³/mol. The Bertz CT molecular complexity index is 237. The first-order chi connectivity index (χ1) is 8.61. The molecule has 0 aliphatic carbocycles. The number of carbonyl (C=O) groups excluding carboxylic acids is 1. The smallest absolute Gasteiger partial charge is 0.237 e. The quantitative estimate of drug-likeness (QED) is 0.675. The van der Waals surface area contributed by atoms with Crippen LogP contribution >= 0.6 is 0 Å². The van der Waals surface area contributed by atoms with Crippen molar-refractivity contribution in [3.05, 3.63) is 0 Å². The van der Waals surface area contributed by atoms with Crippen LogP contribution in [-0.4, -0.2) is 49.6 Å². The second-order valence-electron chi connectivity index (χ2n) is 5.57. The SMILES string of the molecule is CC(C)N(C)CCCCNC(=O)[C@H]1CCCCN1. The first kappa shape index (κ1) is 15.4. The summed E-state index contributed by atoms with van der Waals surface area (Å²) in [4.78, 5) is 14.2. The molecule has 0 spiro atoms. The molecule has 0 aromatic rings. The summed E-state index contributed by atoms with van der Waals surface area (Å²) in [6, 6.07) is 0.656. The van der Waals surface area contributed by atoms with E-state index in [1.807, 2.05) is 0 Å². The van der Waals surface area contributed by atoms with Gasteiger partial charge >= 0.3 is 0 Å². The summed E-state index contributed by atoms with van der Waals surface area (Å²) in [5.74, 6) is 0.187. The molecule has 18 heavy (non-hydrogen) atoms. The molecule has 0 radical (unpaired) electrons. The average molecular weight is 255 g/mol. The molecule has 1 fully saturated rings. The van der Waals surface area contributed by atoms with Crippen molar-refractivity contribution in [3.63, 3.8) is 0 Å². The maximum atomic E-state index is 11.8. The molecule has 0 unspecified atom stereocenters. The van der Waals surface area contributed by atoms with Gasteiger partial charge < -0.3 is 15.5 Å². The fraction of sp³-hybridized carbons (Fsp3) is 0.929. The van der Waals surface area contributed by atoms with E-state index in [0.717, 1.165) is 38.9 Å². The lowest BCUT2D eigenvalue weighted by atomic mass is 10.0. The van der Waals surface area contributed by atoms with Gasteiger partial charge in [0.25, 0.3) is 0 Å². The highest BCUT2D eigenvalue weighted by atomic mass is 16.2. The first-order valence-corrected chi connectivity index (χ1v) is 7.32. The van der Waals surface area contributed by atoms with Crippen LogP contribution in [0, 0.1) is 0 Å². The van der Waals surface area contributed by atoms with E-state index in [-0.39, 0.29) is 11.9 Å². The third kappa shape index (κ3) is 5.83. The second kappa shape index (κ2) is 8.48. The third-order valence-corrected chi connectivity index (χ3v) is 3.75. The van der Waals surface area contributed by atoms with Gasteiger partial charge in [0.1, 0.15) is 0 Å². The molecule has 1 rings (SSSR count). The van der Waals surface area contributed by atoms with E-state index in [0.29, 0.717) is 6.04 Å². The van der Waals surface area contributed by atoms with Gasteiger partial charge in [0.2, 0.25) is 5.91 Å². The zero-order chi connectivity index (χ0) is 13.4. The molecular formula is C14H29N3O. The first-order valence-electron chi connectivity index (χ1n) is 7.32. The minimum Gasteiger partial charge on any atom is -0.355 e. The Morgan fingerprint density at radius 3 is 2.78 bits per heavy atom. The number of hydrogen-bond acceptors (Lipinski definition) is 3. The molecule has 0 aromatic heterocycles. The highest BCUT2D eigenvalue weighted by Gasteiger charge is 2.19. The Labute approximate surface area is 111 Å². The number of amides is 1. The van der Waals surface area contributed by atoms with Gasteiger partial charge in [0.05, 0.1) is 6.04 Å². The molecule has 106 valence electrons. The molecule has 1 aliphatic rings. The summed E-state index contributed by atoms with van der Waals surface area (Å²) in [6.45, 7) is 7.31. The van der Waals surface area contributed by atoms with Crippen molar-refractivity contribution in [3.8, 4) is 0 Å². The zero-order valence-corrected chi connectivity index (χ0v) is 12.2. The van der Waals surface area contributed by atoms with E-state index in [1.165, 1.54) is 12.8 Å². The molecule has 1 heterocycles. The van der Waals surface area contributed by atoms with Gasteiger partial charge in [-0.15, -0.1) is 0 Å². The van der Waals surface area contributed by atoms with Crippen LogP contribution in [-0.2, 0) is 4.79 Å². The van der Waals surface area contributed by atoms with E-state index >= 15 is 0 Å². The molecule has 1 aliphatic heterocycles. The van der Waals surface area contributed by atoms with Crippen LogP contribution in [0.25, 0.3) is 0 Å². The van der Waals surface area contributed by atoms with Crippen molar-refractivity contribution in [1.82, 2.24) is 15.5 Å². The Morgan fingerprint density at radius 2 is 2.17 bits per heavy atom. The topological polar surface area (TPSA) is 44.4 Å². The fourth-order valence-corrected chi connectivity index (χ4v) is 2.15. The van der Waals surface area contributed by atoms with Gasteiger partial charge in [0, 0.05) is 12.6 Å². The van der Waals surface area contributed by atoms with Crippen molar-refractivity contribution >= 4 is 5.91 Å². The fourth-order valence-electron chi connectivity index (χ4n) is 2.15. The lowest BCUT2D eigenvalue weighted by molar-refractivity contribution is -0.123. The summed E-state index contributed by atoms with van der Waals surface area (Å²) in [5, 5.41) is 6.31. The molecule has 0 bridgehead atoms. The standard InChI is InChI=1S/C14H29N3O/c1-12(2)17(3)11-7-6-10-16-14(18)13-8-4-5-9-15-13/h12-13,15H,4-11H2,1-3H3,(H,16,18)/t13-/m1/s1. The van der Waals surface area contributed by atoms with Crippen LogP contribution in [0.1, 0.15) is 46.0 Å². The molecule has 1 amide bonds. The van der Waals surface area contributed by atoms with Crippen molar-refractivity contribution in [2.75, 3.05) is 26.7 Å². The van der Waals surface area contributed by atoms with E-state index in [4.69, 9.17) is 0 Å². The lowest BCUT2D eigenvalue weighted by Gasteiger charge is -2.23. The highest BCUT2D eigenvalue weighted by Crippen LogP contribution is 2.06. The maximum absolute atomic E-state index is 11.8. The summed E-state index contributed by atoms with van der Waals surface area (Å²) in [5.41, 5.74) is 0. The van der Waals surface area contributed by atoms with Crippen molar-refractivity contribution < 1.29 is 4.79 Å². The number of nitrogens with zero attached hydrogens (tertiary/aromatic N) is 1. The van der Waals surface area contributed by atoms with Crippen LogP contribution in [0.5, 0.6) is 0 Å². The van der Waals surface area contributed by atoms with Gasteiger partial charge in [0.15, 0.2) is 0 Å². The number of hydrogen-bond donors (Lipinski definition) is 2. The van der Waals surface area contributed by atoms with Crippen molar-refractivity contribution in [2.45, 2.75) is 58.0 Å². The van der Waals surface area contributed by atoms with E-state index in [2.05, 4.69) is 36.4 Å². The van der Waals surface area contributed by atoms with Crippen LogP contribution in [0.3, 0.4) is 0 Å². The van der Waals surface area contributed by atoms with Crippen molar-refractivity contribution in [1.29, 1.82) is 0 Å². The Morgan fingerprint density at radius 1 is 1.39 bits per heavy atom. The molecule has 4 heteroatoms. The van der Waals surface area contributed by atoms with Gasteiger partial charge in [-0.2, -0.15) is 0 Å². The molecular weight excluding hydrogens is 226 g/mol. The average Bonchev–Trinajstić information content (AvgIpc) is 2.38. The summed E-state index contributed by atoms with van der Waals surface area (Å²) in [7, 11) is 2.15. The number of piperidine rings is 1. The Hall–Kier alpha value is -0.610. The largest absolute Gasteiger partial charge is 0.355 e. The van der Waals surface area contributed by atoms with Gasteiger partial charge in [-0.3, -0.25) is 4.79 Å². The van der Waals surface area contributed by atoms with Gasteiger partial charge in [-0.25, -0.2) is 0 Å². The van der Waals surface area contributed by atoms with Gasteiger partial charge in [-0.05, 0) is 59.7 Å². The van der Waals surface area contributed by atoms with E-state index in [1.54, 1.807) is 0 Å². The number of rotatable bonds is 7. The van der Waals surface area contributed by atoms with Gasteiger partial charge in [-0.1, -0.05) is 6.42 Å². The monoisotopic (exact) mass is 255 g/mol. The number of nitrogens with one attached hydrogen (secondary N) is 2.